The summed E-state index contributed by atoms with van der Waals surface area (Å²) < 4.78 is 81.0. The second-order valence-corrected chi connectivity index (χ2v) is 11.0. The van der Waals surface area contributed by atoms with Crippen LogP contribution in [0.15, 0.2) is 41.3 Å². The Morgan fingerprint density at radius 1 is 1.37 bits per heavy atom. The van der Waals surface area contributed by atoms with E-state index >= 15 is 0 Å². The van der Waals surface area contributed by atoms with Gasteiger partial charge in [-0.2, -0.15) is 4.98 Å². The number of halogens is 2. The lowest BCUT2D eigenvalue weighted by atomic mass is 9.92. The lowest BCUT2D eigenvalue weighted by molar-refractivity contribution is -0.151. The van der Waals surface area contributed by atoms with E-state index in [0.717, 1.165) is 0 Å². The van der Waals surface area contributed by atoms with Crippen LogP contribution in [0.3, 0.4) is 0 Å². The average molecular weight is 563 g/mol. The van der Waals surface area contributed by atoms with Gasteiger partial charge < -0.3 is 30.6 Å². The van der Waals surface area contributed by atoms with E-state index in [1.54, 1.807) is 32.0 Å². The summed E-state index contributed by atoms with van der Waals surface area (Å²) in [6.45, 7) is -0.229. The first kappa shape index (κ1) is 26.7. The van der Waals surface area contributed by atoms with E-state index < -0.39 is 86.3 Å². The van der Waals surface area contributed by atoms with E-state index in [1.165, 1.54) is 19.1 Å². The molecule has 1 aliphatic heterocycles. The zero-order valence-corrected chi connectivity index (χ0v) is 21.7. The van der Waals surface area contributed by atoms with Gasteiger partial charge in [0.25, 0.3) is 0 Å². The first-order valence-electron chi connectivity index (χ1n) is 12.5. The molecule has 0 amide bonds. The van der Waals surface area contributed by atoms with Gasteiger partial charge in [0.15, 0.2) is 17.9 Å². The number of nitrogens with zero attached hydrogens (tertiary/aromatic N) is 2. The molecule has 12 nitrogen and oxygen atoms in total. The molecular weight excluding hydrogens is 529 g/mol. The number of carbonyl (C=O) groups is 1. The van der Waals surface area contributed by atoms with Crippen LogP contribution in [-0.2, 0) is 23.4 Å². The molecule has 1 fully saturated rings. The summed E-state index contributed by atoms with van der Waals surface area (Å²) in [6, 6.07) is 7.53. The summed E-state index contributed by atoms with van der Waals surface area (Å²) in [5.41, 5.74) is 7.55. The molecule has 0 spiro atoms. The molecule has 38 heavy (non-hydrogen) atoms. The molecule has 2 aromatic rings. The maximum Gasteiger partial charge on any atom is 0.380 e. The van der Waals surface area contributed by atoms with Gasteiger partial charge in [0.2, 0.25) is 0 Å². The molecule has 1 saturated heterocycles. The van der Waals surface area contributed by atoms with Crippen molar-refractivity contribution in [3.8, 4) is 5.75 Å². The Labute approximate surface area is 220 Å². The molecule has 0 bridgehead atoms. The fourth-order valence-corrected chi connectivity index (χ4v) is 5.29. The Kier molecular flexibility index (Phi) is 8.34. The minimum Gasteiger partial charge on any atom is -0.463 e. The van der Waals surface area contributed by atoms with Crippen molar-refractivity contribution in [2.75, 3.05) is 25.1 Å². The molecule has 2 heterocycles. The highest BCUT2D eigenvalue weighted by Gasteiger charge is 2.56. The molecule has 1 aromatic heterocycles. The smallest absolute Gasteiger partial charge is 0.380 e. The van der Waals surface area contributed by atoms with Crippen LogP contribution in [0, 0.1) is 11.7 Å². The Hall–Kier alpha value is -2.90. The molecule has 210 valence electrons. The van der Waals surface area contributed by atoms with Gasteiger partial charge in [-0.3, -0.25) is 13.9 Å². The minimum absolute atomic E-state index is 0.00346. The van der Waals surface area contributed by atoms with Crippen molar-refractivity contribution >= 4 is 19.4 Å². The fourth-order valence-electron chi connectivity index (χ4n) is 3.58. The molecule has 1 aliphatic rings. The van der Waals surface area contributed by atoms with Crippen LogP contribution in [0.5, 0.6) is 5.75 Å². The predicted octanol–water partition coefficient (Wildman–Crippen LogP) is 1.77. The van der Waals surface area contributed by atoms with Gasteiger partial charge in [-0.1, -0.05) is 25.1 Å². The number of aromatic nitrogens is 2. The summed E-state index contributed by atoms with van der Waals surface area (Å²) in [4.78, 5) is 28.0. The summed E-state index contributed by atoms with van der Waals surface area (Å²) in [6.07, 6.45) is -7.03. The van der Waals surface area contributed by atoms with Gasteiger partial charge in [0.05, 0.1) is 33.7 Å². The van der Waals surface area contributed by atoms with Crippen molar-refractivity contribution in [3.63, 3.8) is 0 Å². The van der Waals surface area contributed by atoms with E-state index in [4.69, 9.17) is 32.7 Å². The van der Waals surface area contributed by atoms with Crippen molar-refractivity contribution in [2.45, 2.75) is 50.8 Å². The molecule has 0 aliphatic carbocycles. The maximum absolute atomic E-state index is 14.2. The monoisotopic (exact) mass is 562 g/mol. The van der Waals surface area contributed by atoms with Crippen molar-refractivity contribution in [1.82, 2.24) is 9.55 Å². The second-order valence-electron chi connectivity index (χ2n) is 9.06. The largest absolute Gasteiger partial charge is 0.463 e. The van der Waals surface area contributed by atoms with Crippen LogP contribution in [0.4, 0.5) is 14.6 Å². The molecular formula is C23H31F2N4O8P. The normalized spacial score (nSPS) is 26.8. The van der Waals surface area contributed by atoms with Crippen molar-refractivity contribution in [2.24, 2.45) is 11.7 Å². The first-order valence-corrected chi connectivity index (χ1v) is 13.2. The number of nitrogen functional groups attached to an aromatic ring is 1. The van der Waals surface area contributed by atoms with Gasteiger partial charge in [-0.25, -0.2) is 18.1 Å². The Morgan fingerprint density at radius 3 is 2.63 bits per heavy atom. The topological polar surface area (TPSA) is 178 Å². The summed E-state index contributed by atoms with van der Waals surface area (Å²) in [7, 11) is -4.62. The van der Waals surface area contributed by atoms with Gasteiger partial charge >= 0.3 is 19.3 Å². The zero-order chi connectivity index (χ0) is 30.0. The number of aliphatic hydroxyl groups is 1. The fraction of sp³-hybridized carbons (Fsp3) is 0.522. The van der Waals surface area contributed by atoms with Crippen molar-refractivity contribution in [1.29, 1.82) is 0 Å². The lowest BCUT2D eigenvalue weighted by Crippen LogP contribution is -2.57. The molecule has 5 N–H and O–H groups in total. The van der Waals surface area contributed by atoms with E-state index in [-0.39, 0.29) is 5.75 Å². The standard InChI is InChI=1S/C23H31F2N4O8P/c1-13(2)35-20(31)14(3)11-38(33,37-15-7-5-4-6-8-15)34-10-17-18(30)23(27,12-24)21(36-17)29-9-16(25)19(26)28-22(29)32/h4-9,13-14,17-18,21,30H,10-12,27H2,1-3H3,(H2,26,28,32)/t14-,17-,18+,21-,23?,38?/m1/s1/i10D2. The van der Waals surface area contributed by atoms with Crippen LogP contribution in [0.2, 0.25) is 0 Å². The van der Waals surface area contributed by atoms with E-state index in [1.807, 2.05) is 0 Å². The Balaban J connectivity index is 1.97. The van der Waals surface area contributed by atoms with Crippen molar-refractivity contribution < 1.29 is 44.5 Å². The highest BCUT2D eigenvalue weighted by Crippen LogP contribution is 2.51. The maximum atomic E-state index is 14.2. The molecule has 0 saturated carbocycles. The first-order chi connectivity index (χ1) is 18.5. The number of nitrogens with two attached hydrogens (primary N) is 2. The average Bonchev–Trinajstić information content (AvgIpc) is 3.12. The number of hydrogen-bond acceptors (Lipinski definition) is 11. The number of benzene rings is 1. The number of rotatable bonds is 11. The quantitative estimate of drug-likeness (QED) is 0.268. The Bertz CT molecular complexity index is 1320. The zero-order valence-electron chi connectivity index (χ0n) is 22.8. The van der Waals surface area contributed by atoms with E-state index in [2.05, 4.69) is 4.98 Å². The van der Waals surface area contributed by atoms with Crippen LogP contribution in [-0.4, -0.2) is 63.9 Å². The highest BCUT2D eigenvalue weighted by atomic mass is 31.2. The second kappa shape index (κ2) is 11.9. The molecule has 2 unspecified atom stereocenters. The number of hydrogen-bond donors (Lipinski definition) is 3. The number of para-hydroxylation sites is 1. The Morgan fingerprint density at radius 2 is 2.03 bits per heavy atom. The van der Waals surface area contributed by atoms with Gasteiger partial charge in [0, 0.05) is 0 Å². The van der Waals surface area contributed by atoms with Gasteiger partial charge in [0.1, 0.15) is 30.2 Å². The van der Waals surface area contributed by atoms with Gasteiger partial charge in [-0.15, -0.1) is 0 Å². The number of anilines is 1. The number of aliphatic hydroxyl groups excluding tert-OH is 1. The number of alkyl halides is 1. The number of ether oxygens (including phenoxy) is 2. The molecule has 15 heteroatoms. The summed E-state index contributed by atoms with van der Waals surface area (Å²) in [5, 5.41) is 10.9. The summed E-state index contributed by atoms with van der Waals surface area (Å²) >= 11 is 0. The third-order valence-corrected chi connectivity index (χ3v) is 7.41. The van der Waals surface area contributed by atoms with Crippen LogP contribution < -0.4 is 21.7 Å². The lowest BCUT2D eigenvalue weighted by Gasteiger charge is -2.30. The predicted molar refractivity (Wildman–Crippen MR) is 132 cm³/mol. The SMILES string of the molecule is [2H]C([2H])(OP(=O)(C[C@@H](C)C(=O)OC(C)C)Oc1ccccc1)[C@H]1O[C@@H](n2cc(F)c(N)nc2=O)C(N)(CF)[C@H]1O. The number of carbonyl (C=O) groups excluding carboxylic acids is 1. The summed E-state index contributed by atoms with van der Waals surface area (Å²) in [5.74, 6) is -3.81. The minimum atomic E-state index is -4.62. The molecule has 0 radical (unpaired) electrons. The van der Waals surface area contributed by atoms with Gasteiger partial charge in [-0.05, 0) is 26.0 Å². The number of esters is 1. The molecule has 3 rings (SSSR count). The molecule has 6 atom stereocenters. The van der Waals surface area contributed by atoms with E-state index in [9.17, 15) is 28.0 Å². The van der Waals surface area contributed by atoms with E-state index in [0.29, 0.717) is 10.8 Å². The third kappa shape index (κ3) is 6.56. The van der Waals surface area contributed by atoms with Crippen LogP contribution in [0.25, 0.3) is 0 Å². The van der Waals surface area contributed by atoms with Crippen molar-refractivity contribution in [3.05, 3.63) is 52.8 Å². The third-order valence-electron chi connectivity index (χ3n) is 5.54. The highest BCUT2D eigenvalue weighted by molar-refractivity contribution is 7.54. The van der Waals surface area contributed by atoms with Crippen LogP contribution >= 0.6 is 7.60 Å². The molecule has 1 aromatic carbocycles. The van der Waals surface area contributed by atoms with Crippen LogP contribution in [0.1, 0.15) is 29.7 Å².